The second-order valence-corrected chi connectivity index (χ2v) is 5.62. The Morgan fingerprint density at radius 2 is 2.10 bits per heavy atom. The fraction of sp³-hybridized carbons (Fsp3) is 0.562. The van der Waals surface area contributed by atoms with E-state index in [1.165, 1.54) is 0 Å². The summed E-state index contributed by atoms with van der Waals surface area (Å²) in [6.07, 6.45) is 5.81. The van der Waals surface area contributed by atoms with Crippen molar-refractivity contribution in [2.75, 3.05) is 6.54 Å². The standard InChI is InChI=1S/C16H25N5/c1-5-8-18-16(15-6-9-17-13(4)19-15)11-14-7-10-21(20-14)12(2)3/h6-7,9-10,12,16,18H,5,8,11H2,1-4H3. The van der Waals surface area contributed by atoms with Crippen molar-refractivity contribution in [3.8, 4) is 0 Å². The van der Waals surface area contributed by atoms with E-state index in [1.807, 2.05) is 30.1 Å². The van der Waals surface area contributed by atoms with Crippen molar-refractivity contribution in [3.63, 3.8) is 0 Å². The van der Waals surface area contributed by atoms with Crippen molar-refractivity contribution in [3.05, 3.63) is 41.7 Å². The summed E-state index contributed by atoms with van der Waals surface area (Å²) in [5.41, 5.74) is 2.13. The van der Waals surface area contributed by atoms with Crippen LogP contribution in [-0.4, -0.2) is 26.3 Å². The third kappa shape index (κ3) is 4.36. The molecule has 0 aliphatic heterocycles. The molecule has 1 N–H and O–H groups in total. The molecule has 2 aromatic heterocycles. The van der Waals surface area contributed by atoms with E-state index in [2.05, 4.69) is 47.2 Å². The van der Waals surface area contributed by atoms with Crippen LogP contribution in [-0.2, 0) is 6.42 Å². The van der Waals surface area contributed by atoms with Crippen molar-refractivity contribution < 1.29 is 0 Å². The van der Waals surface area contributed by atoms with Crippen LogP contribution in [0.3, 0.4) is 0 Å². The summed E-state index contributed by atoms with van der Waals surface area (Å²) in [5.74, 6) is 0.809. The lowest BCUT2D eigenvalue weighted by molar-refractivity contribution is 0.492. The van der Waals surface area contributed by atoms with Crippen molar-refractivity contribution in [2.45, 2.75) is 52.6 Å². The second-order valence-electron chi connectivity index (χ2n) is 5.62. The lowest BCUT2D eigenvalue weighted by atomic mass is 10.1. The molecule has 2 rings (SSSR count). The number of hydrogen-bond donors (Lipinski definition) is 1. The van der Waals surface area contributed by atoms with Gasteiger partial charge in [0.15, 0.2) is 0 Å². The van der Waals surface area contributed by atoms with Crippen LogP contribution >= 0.6 is 0 Å². The molecule has 0 saturated carbocycles. The summed E-state index contributed by atoms with van der Waals surface area (Å²) in [6, 6.07) is 4.65. The molecule has 0 bridgehead atoms. The van der Waals surface area contributed by atoms with E-state index >= 15 is 0 Å². The first kappa shape index (κ1) is 15.6. The fourth-order valence-electron chi connectivity index (χ4n) is 2.25. The Hall–Kier alpha value is -1.75. The average molecular weight is 287 g/mol. The van der Waals surface area contributed by atoms with Gasteiger partial charge in [0, 0.05) is 24.9 Å². The first-order chi connectivity index (χ1) is 10.1. The Kier molecular flexibility index (Phi) is 5.44. The van der Waals surface area contributed by atoms with Crippen LogP contribution in [0.5, 0.6) is 0 Å². The molecule has 5 heteroatoms. The molecule has 114 valence electrons. The summed E-state index contributed by atoms with van der Waals surface area (Å²) in [7, 11) is 0. The molecule has 0 aromatic carbocycles. The molecule has 2 heterocycles. The molecule has 2 aromatic rings. The van der Waals surface area contributed by atoms with Gasteiger partial charge >= 0.3 is 0 Å². The normalized spacial score (nSPS) is 12.8. The van der Waals surface area contributed by atoms with Gasteiger partial charge in [-0.25, -0.2) is 9.97 Å². The summed E-state index contributed by atoms with van der Waals surface area (Å²) >= 11 is 0. The summed E-state index contributed by atoms with van der Waals surface area (Å²) in [5, 5.41) is 8.20. The molecule has 0 amide bonds. The van der Waals surface area contributed by atoms with Gasteiger partial charge in [0.05, 0.1) is 17.4 Å². The van der Waals surface area contributed by atoms with Gasteiger partial charge in [0.2, 0.25) is 0 Å². The Labute approximate surface area is 126 Å². The van der Waals surface area contributed by atoms with E-state index in [0.717, 1.165) is 36.6 Å². The zero-order valence-electron chi connectivity index (χ0n) is 13.4. The van der Waals surface area contributed by atoms with E-state index < -0.39 is 0 Å². The zero-order valence-corrected chi connectivity index (χ0v) is 13.4. The Morgan fingerprint density at radius 1 is 1.29 bits per heavy atom. The minimum atomic E-state index is 0.183. The van der Waals surface area contributed by atoms with E-state index in [0.29, 0.717) is 6.04 Å². The molecule has 0 saturated heterocycles. The van der Waals surface area contributed by atoms with Gasteiger partial charge < -0.3 is 5.32 Å². The highest BCUT2D eigenvalue weighted by Gasteiger charge is 2.15. The van der Waals surface area contributed by atoms with Crippen LogP contribution in [0, 0.1) is 6.92 Å². The van der Waals surface area contributed by atoms with Crippen LogP contribution in [0.25, 0.3) is 0 Å². The molecular weight excluding hydrogens is 262 g/mol. The topological polar surface area (TPSA) is 55.6 Å². The predicted molar refractivity (Wildman–Crippen MR) is 84.1 cm³/mol. The quantitative estimate of drug-likeness (QED) is 0.851. The van der Waals surface area contributed by atoms with Gasteiger partial charge in [-0.15, -0.1) is 0 Å². The maximum Gasteiger partial charge on any atom is 0.125 e. The van der Waals surface area contributed by atoms with Crippen LogP contribution in [0.15, 0.2) is 24.5 Å². The van der Waals surface area contributed by atoms with E-state index in [1.54, 1.807) is 0 Å². The Balaban J connectivity index is 2.15. The molecule has 0 spiro atoms. The second kappa shape index (κ2) is 7.31. The molecule has 0 aliphatic carbocycles. The highest BCUT2D eigenvalue weighted by molar-refractivity contribution is 5.12. The smallest absolute Gasteiger partial charge is 0.125 e. The first-order valence-electron chi connectivity index (χ1n) is 7.67. The van der Waals surface area contributed by atoms with Crippen molar-refractivity contribution >= 4 is 0 Å². The fourth-order valence-corrected chi connectivity index (χ4v) is 2.25. The molecule has 0 fully saturated rings. The lowest BCUT2D eigenvalue weighted by Crippen LogP contribution is -2.25. The maximum absolute atomic E-state index is 4.64. The summed E-state index contributed by atoms with van der Waals surface area (Å²) < 4.78 is 2.00. The number of hydrogen-bond acceptors (Lipinski definition) is 4. The van der Waals surface area contributed by atoms with Crippen LogP contribution in [0.4, 0.5) is 0 Å². The van der Waals surface area contributed by atoms with Gasteiger partial charge in [0.1, 0.15) is 5.82 Å². The van der Waals surface area contributed by atoms with E-state index in [9.17, 15) is 0 Å². The molecule has 0 aliphatic rings. The van der Waals surface area contributed by atoms with Crippen LogP contribution < -0.4 is 5.32 Å². The highest BCUT2D eigenvalue weighted by Crippen LogP contribution is 2.16. The van der Waals surface area contributed by atoms with E-state index in [-0.39, 0.29) is 6.04 Å². The molecule has 5 nitrogen and oxygen atoms in total. The van der Waals surface area contributed by atoms with Crippen molar-refractivity contribution in [1.29, 1.82) is 0 Å². The van der Waals surface area contributed by atoms with Gasteiger partial charge in [-0.2, -0.15) is 5.10 Å². The SMILES string of the molecule is CCCNC(Cc1ccn(C(C)C)n1)c1ccnc(C)n1. The highest BCUT2D eigenvalue weighted by atomic mass is 15.3. The molecule has 1 unspecified atom stereocenters. The third-order valence-corrected chi connectivity index (χ3v) is 3.40. The first-order valence-corrected chi connectivity index (χ1v) is 7.67. The maximum atomic E-state index is 4.64. The number of rotatable bonds is 7. The summed E-state index contributed by atoms with van der Waals surface area (Å²) in [4.78, 5) is 8.73. The van der Waals surface area contributed by atoms with Gasteiger partial charge in [-0.3, -0.25) is 4.68 Å². The molecular formula is C16H25N5. The van der Waals surface area contributed by atoms with Crippen LogP contribution in [0.2, 0.25) is 0 Å². The van der Waals surface area contributed by atoms with Gasteiger partial charge in [-0.05, 0) is 45.9 Å². The van der Waals surface area contributed by atoms with Crippen molar-refractivity contribution in [1.82, 2.24) is 25.1 Å². The Morgan fingerprint density at radius 3 is 2.71 bits per heavy atom. The molecule has 0 radical (unpaired) electrons. The molecule has 1 atom stereocenters. The third-order valence-electron chi connectivity index (χ3n) is 3.40. The number of nitrogens with one attached hydrogen (secondary N) is 1. The lowest BCUT2D eigenvalue weighted by Gasteiger charge is -2.17. The summed E-state index contributed by atoms with van der Waals surface area (Å²) in [6.45, 7) is 9.34. The van der Waals surface area contributed by atoms with Gasteiger partial charge in [0.25, 0.3) is 0 Å². The number of aromatic nitrogens is 4. The monoisotopic (exact) mass is 287 g/mol. The largest absolute Gasteiger partial charge is 0.308 e. The number of nitrogens with zero attached hydrogens (tertiary/aromatic N) is 4. The molecule has 21 heavy (non-hydrogen) atoms. The van der Waals surface area contributed by atoms with Crippen LogP contribution in [0.1, 0.15) is 56.5 Å². The van der Waals surface area contributed by atoms with E-state index in [4.69, 9.17) is 0 Å². The Bertz CT molecular complexity index is 561. The van der Waals surface area contributed by atoms with Gasteiger partial charge in [-0.1, -0.05) is 6.92 Å². The number of aryl methyl sites for hydroxylation is 1. The minimum Gasteiger partial charge on any atom is -0.308 e. The van der Waals surface area contributed by atoms with Crippen molar-refractivity contribution in [2.24, 2.45) is 0 Å². The average Bonchev–Trinajstić information content (AvgIpc) is 2.92. The predicted octanol–water partition coefficient (Wildman–Crippen LogP) is 2.85. The minimum absolute atomic E-state index is 0.183. The zero-order chi connectivity index (χ0) is 15.2.